The number of thioether (sulfide) groups is 1. The van der Waals surface area contributed by atoms with Crippen molar-refractivity contribution < 1.29 is 9.84 Å². The summed E-state index contributed by atoms with van der Waals surface area (Å²) in [6.07, 6.45) is 2.22. The summed E-state index contributed by atoms with van der Waals surface area (Å²) in [6, 6.07) is 18.1. The van der Waals surface area contributed by atoms with Gasteiger partial charge in [0.1, 0.15) is 5.82 Å². The van der Waals surface area contributed by atoms with Crippen molar-refractivity contribution in [2.45, 2.75) is 31.6 Å². The van der Waals surface area contributed by atoms with Gasteiger partial charge in [0.25, 0.3) is 0 Å². The first kappa shape index (κ1) is 21.1. The lowest BCUT2D eigenvalue weighted by Crippen LogP contribution is -2.04. The molecule has 0 aliphatic heterocycles. The molecule has 0 radical (unpaired) electrons. The van der Waals surface area contributed by atoms with Gasteiger partial charge in [0.2, 0.25) is 0 Å². The molecule has 1 heterocycles. The normalized spacial score (nSPS) is 10.7. The van der Waals surface area contributed by atoms with Gasteiger partial charge >= 0.3 is 0 Å². The molecule has 0 aliphatic carbocycles. The van der Waals surface area contributed by atoms with Crippen LogP contribution in [0.2, 0.25) is 0 Å². The van der Waals surface area contributed by atoms with Gasteiger partial charge < -0.3 is 15.2 Å². The fourth-order valence-electron chi connectivity index (χ4n) is 3.08. The van der Waals surface area contributed by atoms with E-state index in [1.54, 1.807) is 13.2 Å². The van der Waals surface area contributed by atoms with Crippen molar-refractivity contribution in [2.75, 3.05) is 24.7 Å². The van der Waals surface area contributed by atoms with E-state index in [2.05, 4.69) is 55.6 Å². The van der Waals surface area contributed by atoms with Crippen LogP contribution in [0.15, 0.2) is 59.5 Å². The second-order valence-electron chi connectivity index (χ2n) is 6.75. The van der Waals surface area contributed by atoms with E-state index in [4.69, 9.17) is 9.72 Å². The van der Waals surface area contributed by atoms with Crippen LogP contribution in [-0.4, -0.2) is 29.5 Å². The predicted molar refractivity (Wildman–Crippen MR) is 123 cm³/mol. The maximum atomic E-state index is 9.92. The number of aromatic hydroxyl groups is 1. The average Bonchev–Trinajstić information content (AvgIpc) is 2.75. The molecule has 5 heteroatoms. The zero-order valence-corrected chi connectivity index (χ0v) is 18.1. The summed E-state index contributed by atoms with van der Waals surface area (Å²) >= 11 is 1.84. The summed E-state index contributed by atoms with van der Waals surface area (Å²) in [6.45, 7) is 5.22. The Kier molecular flexibility index (Phi) is 7.42. The molecule has 0 amide bonds. The standard InChI is InChI=1S/C24H28N2O2S/c1-4-6-13-25-24-16-19(17-7-10-20(11-8-17)29-5-2)14-21(26-24)18-9-12-22(27)23(15-18)28-3/h7-12,14-16,27H,4-6,13H2,1-3H3,(H,25,26). The summed E-state index contributed by atoms with van der Waals surface area (Å²) in [5, 5.41) is 13.4. The van der Waals surface area contributed by atoms with Crippen LogP contribution in [0.25, 0.3) is 22.4 Å². The Balaban J connectivity index is 2.01. The fraction of sp³-hybridized carbons (Fsp3) is 0.292. The molecule has 3 aromatic rings. The maximum Gasteiger partial charge on any atom is 0.161 e. The number of hydrogen-bond donors (Lipinski definition) is 2. The minimum absolute atomic E-state index is 0.123. The molecular weight excluding hydrogens is 380 g/mol. The number of methoxy groups -OCH3 is 1. The number of unbranched alkanes of at least 4 members (excludes halogenated alkanes) is 1. The van der Waals surface area contributed by atoms with E-state index >= 15 is 0 Å². The summed E-state index contributed by atoms with van der Waals surface area (Å²) in [7, 11) is 1.55. The molecule has 0 bridgehead atoms. The quantitative estimate of drug-likeness (QED) is 0.315. The zero-order valence-electron chi connectivity index (χ0n) is 17.2. The minimum Gasteiger partial charge on any atom is -0.504 e. The Morgan fingerprint density at radius 3 is 2.41 bits per heavy atom. The van der Waals surface area contributed by atoms with Gasteiger partial charge in [-0.3, -0.25) is 0 Å². The first-order valence-electron chi connectivity index (χ1n) is 10.0. The molecule has 0 saturated heterocycles. The molecule has 152 valence electrons. The van der Waals surface area contributed by atoms with E-state index in [-0.39, 0.29) is 5.75 Å². The van der Waals surface area contributed by atoms with Crippen molar-refractivity contribution in [1.82, 2.24) is 4.98 Å². The average molecular weight is 409 g/mol. The highest BCUT2D eigenvalue weighted by Crippen LogP contribution is 2.34. The number of anilines is 1. The molecule has 0 fully saturated rings. The van der Waals surface area contributed by atoms with Crippen molar-refractivity contribution in [3.8, 4) is 33.9 Å². The summed E-state index contributed by atoms with van der Waals surface area (Å²) in [5.74, 6) is 2.48. The van der Waals surface area contributed by atoms with Crippen LogP contribution in [0.3, 0.4) is 0 Å². The highest BCUT2D eigenvalue weighted by atomic mass is 32.2. The summed E-state index contributed by atoms with van der Waals surface area (Å²) in [4.78, 5) is 6.07. The van der Waals surface area contributed by atoms with Crippen molar-refractivity contribution in [3.05, 3.63) is 54.6 Å². The molecule has 0 aliphatic rings. The monoisotopic (exact) mass is 408 g/mol. The molecule has 4 nitrogen and oxygen atoms in total. The number of phenolic OH excluding ortho intramolecular Hbond substituents is 1. The number of rotatable bonds is 9. The van der Waals surface area contributed by atoms with Gasteiger partial charge in [0.05, 0.1) is 12.8 Å². The van der Waals surface area contributed by atoms with Gasteiger partial charge in [-0.05, 0) is 65.8 Å². The van der Waals surface area contributed by atoms with Crippen molar-refractivity contribution >= 4 is 17.6 Å². The smallest absolute Gasteiger partial charge is 0.161 e. The van der Waals surface area contributed by atoms with E-state index < -0.39 is 0 Å². The van der Waals surface area contributed by atoms with Crippen LogP contribution >= 0.6 is 11.8 Å². The first-order chi connectivity index (χ1) is 14.1. The number of benzene rings is 2. The maximum absolute atomic E-state index is 9.92. The number of ether oxygens (including phenoxy) is 1. The minimum atomic E-state index is 0.123. The van der Waals surface area contributed by atoms with Crippen LogP contribution < -0.4 is 10.1 Å². The van der Waals surface area contributed by atoms with Gasteiger partial charge in [0.15, 0.2) is 11.5 Å². The van der Waals surface area contributed by atoms with E-state index in [0.717, 1.165) is 53.3 Å². The SMILES string of the molecule is CCCCNc1cc(-c2ccc(SCC)cc2)cc(-c2ccc(O)c(OC)c2)n1. The van der Waals surface area contributed by atoms with Gasteiger partial charge in [-0.15, -0.1) is 11.8 Å². The topological polar surface area (TPSA) is 54.4 Å². The number of hydrogen-bond acceptors (Lipinski definition) is 5. The van der Waals surface area contributed by atoms with Crippen molar-refractivity contribution in [2.24, 2.45) is 0 Å². The zero-order chi connectivity index (χ0) is 20.6. The van der Waals surface area contributed by atoms with E-state index in [9.17, 15) is 5.11 Å². The third-order valence-electron chi connectivity index (χ3n) is 4.64. The highest BCUT2D eigenvalue weighted by molar-refractivity contribution is 7.99. The Morgan fingerprint density at radius 1 is 0.966 bits per heavy atom. The summed E-state index contributed by atoms with van der Waals surface area (Å²) in [5.41, 5.74) is 4.00. The van der Waals surface area contributed by atoms with Crippen LogP contribution in [-0.2, 0) is 0 Å². The Labute approximate surface area is 177 Å². The molecule has 0 saturated carbocycles. The largest absolute Gasteiger partial charge is 0.504 e. The molecule has 2 N–H and O–H groups in total. The number of nitrogens with zero attached hydrogens (tertiary/aromatic N) is 1. The lowest BCUT2D eigenvalue weighted by atomic mass is 10.0. The van der Waals surface area contributed by atoms with E-state index in [1.807, 2.05) is 23.9 Å². The van der Waals surface area contributed by atoms with Crippen molar-refractivity contribution in [3.63, 3.8) is 0 Å². The Morgan fingerprint density at radius 2 is 1.72 bits per heavy atom. The first-order valence-corrected chi connectivity index (χ1v) is 11.0. The van der Waals surface area contributed by atoms with Crippen LogP contribution in [0.1, 0.15) is 26.7 Å². The molecule has 29 heavy (non-hydrogen) atoms. The lowest BCUT2D eigenvalue weighted by Gasteiger charge is -2.13. The van der Waals surface area contributed by atoms with Crippen molar-refractivity contribution in [1.29, 1.82) is 0 Å². The molecule has 1 aromatic heterocycles. The Hall–Kier alpha value is -2.66. The number of pyridine rings is 1. The van der Waals surface area contributed by atoms with Crippen LogP contribution in [0.5, 0.6) is 11.5 Å². The molecular formula is C24H28N2O2S. The van der Waals surface area contributed by atoms with Gasteiger partial charge in [-0.1, -0.05) is 32.4 Å². The van der Waals surface area contributed by atoms with Crippen LogP contribution in [0, 0.1) is 0 Å². The van der Waals surface area contributed by atoms with E-state index in [0.29, 0.717) is 5.75 Å². The second kappa shape index (κ2) is 10.2. The second-order valence-corrected chi connectivity index (χ2v) is 8.09. The number of phenols is 1. The van der Waals surface area contributed by atoms with E-state index in [1.165, 1.54) is 4.90 Å². The molecule has 2 aromatic carbocycles. The summed E-state index contributed by atoms with van der Waals surface area (Å²) < 4.78 is 5.27. The molecule has 3 rings (SSSR count). The van der Waals surface area contributed by atoms with Gasteiger partial charge in [-0.2, -0.15) is 0 Å². The molecule has 0 spiro atoms. The van der Waals surface area contributed by atoms with Crippen LogP contribution in [0.4, 0.5) is 5.82 Å². The number of aromatic nitrogens is 1. The van der Waals surface area contributed by atoms with Gasteiger partial charge in [0, 0.05) is 17.0 Å². The fourth-order valence-corrected chi connectivity index (χ4v) is 3.74. The molecule has 0 atom stereocenters. The number of nitrogens with one attached hydrogen (secondary N) is 1. The molecule has 0 unspecified atom stereocenters. The third kappa shape index (κ3) is 5.45. The lowest BCUT2D eigenvalue weighted by molar-refractivity contribution is 0.373. The highest BCUT2D eigenvalue weighted by Gasteiger charge is 2.10. The van der Waals surface area contributed by atoms with Gasteiger partial charge in [-0.25, -0.2) is 4.98 Å². The Bertz CT molecular complexity index is 942. The predicted octanol–water partition coefficient (Wildman–Crippen LogP) is 6.45. The third-order valence-corrected chi connectivity index (χ3v) is 5.53.